The zero-order valence-electron chi connectivity index (χ0n) is 25.4. The molecule has 1 N–H and O–H groups in total. The summed E-state index contributed by atoms with van der Waals surface area (Å²) in [4.78, 5) is 14.4. The van der Waals surface area contributed by atoms with Crippen molar-refractivity contribution in [3.8, 4) is 0 Å². The van der Waals surface area contributed by atoms with Crippen LogP contribution in [0.4, 0.5) is 31.1 Å². The number of hydrogen-bond acceptors (Lipinski definition) is 4. The van der Waals surface area contributed by atoms with Gasteiger partial charge in [0.05, 0.1) is 18.8 Å². The highest BCUT2D eigenvalue weighted by Crippen LogP contribution is 2.38. The van der Waals surface area contributed by atoms with Crippen LogP contribution in [0.3, 0.4) is 0 Å². The number of carbonyl (C=O) groups is 1. The van der Waals surface area contributed by atoms with Crippen LogP contribution in [0.25, 0.3) is 0 Å². The van der Waals surface area contributed by atoms with Crippen molar-refractivity contribution < 1.29 is 40.6 Å². The maximum Gasteiger partial charge on any atom is 0.405 e. The van der Waals surface area contributed by atoms with Crippen LogP contribution in [0.2, 0.25) is 25.7 Å². The fourth-order valence-corrected chi connectivity index (χ4v) is 6.86. The predicted molar refractivity (Wildman–Crippen MR) is 156 cm³/mol. The van der Waals surface area contributed by atoms with Crippen molar-refractivity contribution in [1.82, 2.24) is 20.0 Å². The number of piperidine rings is 1. The molecule has 1 aliphatic carbocycles. The van der Waals surface area contributed by atoms with Crippen LogP contribution >= 0.6 is 0 Å². The maximum absolute atomic E-state index is 14.4. The zero-order chi connectivity index (χ0) is 32.1. The van der Waals surface area contributed by atoms with Gasteiger partial charge in [-0.2, -0.15) is 18.3 Å². The summed E-state index contributed by atoms with van der Waals surface area (Å²) < 4.78 is 95.2. The molecular formula is C30H42F6N4O3Si. The number of hydrogen-bond donors (Lipinski definition) is 1. The highest BCUT2D eigenvalue weighted by atomic mass is 28.3. The smallest absolute Gasteiger partial charge is 0.376 e. The molecule has 2 heterocycles. The van der Waals surface area contributed by atoms with Crippen LogP contribution in [0, 0.1) is 17.5 Å². The maximum atomic E-state index is 14.4. The van der Waals surface area contributed by atoms with E-state index in [4.69, 9.17) is 9.47 Å². The quantitative estimate of drug-likeness (QED) is 0.121. The third kappa shape index (κ3) is 9.22. The van der Waals surface area contributed by atoms with Crippen molar-refractivity contribution in [2.45, 2.75) is 101 Å². The molecule has 2 atom stereocenters. The van der Waals surface area contributed by atoms with Gasteiger partial charge in [0.1, 0.15) is 19.1 Å². The van der Waals surface area contributed by atoms with Crippen molar-refractivity contribution in [2.75, 3.05) is 26.3 Å². The van der Waals surface area contributed by atoms with Crippen LogP contribution in [0.15, 0.2) is 24.4 Å². The van der Waals surface area contributed by atoms with Crippen molar-refractivity contribution in [3.63, 3.8) is 0 Å². The minimum absolute atomic E-state index is 0.0593. The lowest BCUT2D eigenvalue weighted by Gasteiger charge is -2.42. The second-order valence-electron chi connectivity index (χ2n) is 13.0. The molecule has 1 saturated heterocycles. The van der Waals surface area contributed by atoms with Crippen molar-refractivity contribution >= 4 is 14.1 Å². The summed E-state index contributed by atoms with van der Waals surface area (Å²) >= 11 is 0. The number of ether oxygens (including phenoxy) is 2. The van der Waals surface area contributed by atoms with Crippen molar-refractivity contribution in [2.24, 2.45) is 0 Å². The fourth-order valence-electron chi connectivity index (χ4n) is 6.10. The molecule has 44 heavy (non-hydrogen) atoms. The van der Waals surface area contributed by atoms with E-state index in [2.05, 4.69) is 24.7 Å². The van der Waals surface area contributed by atoms with Gasteiger partial charge in [-0.1, -0.05) is 19.6 Å². The van der Waals surface area contributed by atoms with E-state index < -0.39 is 56.2 Å². The average Bonchev–Trinajstić information content (AvgIpc) is 3.43. The van der Waals surface area contributed by atoms with Gasteiger partial charge in [-0.05, 0) is 68.7 Å². The number of carbonyl (C=O) groups excluding carboxylic acids is 1. The molecule has 2 amide bonds. The van der Waals surface area contributed by atoms with Gasteiger partial charge in [-0.15, -0.1) is 0 Å². The van der Waals surface area contributed by atoms with Gasteiger partial charge in [0.15, 0.2) is 11.6 Å². The third-order valence-corrected chi connectivity index (χ3v) is 10.2. The van der Waals surface area contributed by atoms with Gasteiger partial charge >= 0.3 is 12.2 Å². The van der Waals surface area contributed by atoms with Crippen molar-refractivity contribution in [3.05, 3.63) is 53.1 Å². The van der Waals surface area contributed by atoms with E-state index in [9.17, 15) is 31.1 Å². The van der Waals surface area contributed by atoms with Gasteiger partial charge < -0.3 is 19.7 Å². The van der Waals surface area contributed by atoms with Gasteiger partial charge in [0, 0.05) is 44.6 Å². The van der Waals surface area contributed by atoms with Crippen LogP contribution in [-0.2, 0) is 16.2 Å². The Hall–Kier alpha value is -2.58. The summed E-state index contributed by atoms with van der Waals surface area (Å²) in [6.45, 7) is 6.45. The molecule has 0 bridgehead atoms. The molecular weight excluding hydrogens is 606 g/mol. The van der Waals surface area contributed by atoms with E-state index in [1.807, 2.05) is 11.4 Å². The third-order valence-electron chi connectivity index (χ3n) is 8.48. The Morgan fingerprint density at radius 2 is 1.75 bits per heavy atom. The van der Waals surface area contributed by atoms with E-state index in [0.717, 1.165) is 23.9 Å². The fraction of sp³-hybridized carbons (Fsp3) is 0.667. The normalized spacial score (nSPS) is 23.2. The lowest BCUT2D eigenvalue weighted by Crippen LogP contribution is -2.55. The number of benzene rings is 1. The number of nitrogens with zero attached hydrogens (tertiary/aromatic N) is 3. The number of urea groups is 1. The van der Waals surface area contributed by atoms with E-state index >= 15 is 0 Å². The van der Waals surface area contributed by atoms with E-state index in [0.29, 0.717) is 45.1 Å². The molecule has 4 rings (SSSR count). The van der Waals surface area contributed by atoms with Crippen LogP contribution in [-0.4, -0.2) is 73.4 Å². The Bertz CT molecular complexity index is 1250. The van der Waals surface area contributed by atoms with E-state index in [-0.39, 0.29) is 37.5 Å². The SMILES string of the molecule is C[Si](C)(C)CCOCn1nccc1C1CCCN(C(=O)NCC(F)(F)F)C1COC1CCC(c2c(F)ccc(F)c2F)CC1. The number of amides is 2. The molecule has 246 valence electrons. The lowest BCUT2D eigenvalue weighted by atomic mass is 9.82. The topological polar surface area (TPSA) is 68.6 Å². The molecule has 7 nitrogen and oxygen atoms in total. The van der Waals surface area contributed by atoms with Crippen LogP contribution in [0.5, 0.6) is 0 Å². The number of likely N-dealkylation sites (tertiary alicyclic amines) is 1. The summed E-state index contributed by atoms with van der Waals surface area (Å²) in [5, 5.41) is 6.41. The number of halogens is 6. The number of nitrogens with one attached hydrogen (secondary N) is 1. The first-order valence-corrected chi connectivity index (χ1v) is 18.9. The monoisotopic (exact) mass is 648 g/mol. The number of alkyl halides is 3. The minimum Gasteiger partial charge on any atom is -0.376 e. The second kappa shape index (κ2) is 14.7. The standard InChI is InChI=1S/C30H42F6N4O3Si/c1-44(2,3)16-15-42-19-40-25(12-13-38-40)22-5-4-14-39(29(41)37-18-30(34,35)36)26(22)17-43-21-8-6-20(7-9-21)27-23(31)10-11-24(32)28(27)33/h10-13,20-22,26H,4-9,14-19H2,1-3H3,(H,37,41). The number of aromatic nitrogens is 2. The first-order chi connectivity index (χ1) is 20.7. The molecule has 1 aromatic heterocycles. The Morgan fingerprint density at radius 1 is 1.05 bits per heavy atom. The first-order valence-electron chi connectivity index (χ1n) is 15.2. The predicted octanol–water partition coefficient (Wildman–Crippen LogP) is 7.18. The molecule has 14 heteroatoms. The van der Waals surface area contributed by atoms with Gasteiger partial charge in [-0.3, -0.25) is 0 Å². The summed E-state index contributed by atoms with van der Waals surface area (Å²) in [5.41, 5.74) is 0.560. The Kier molecular flexibility index (Phi) is 11.4. The summed E-state index contributed by atoms with van der Waals surface area (Å²) in [6.07, 6.45) is -0.266. The molecule has 2 unspecified atom stereocenters. The van der Waals surface area contributed by atoms with Gasteiger partial charge in [0.2, 0.25) is 0 Å². The highest BCUT2D eigenvalue weighted by molar-refractivity contribution is 6.76. The summed E-state index contributed by atoms with van der Waals surface area (Å²) in [5.74, 6) is -3.79. The Labute approximate surface area is 255 Å². The largest absolute Gasteiger partial charge is 0.405 e. The average molecular weight is 649 g/mol. The van der Waals surface area contributed by atoms with E-state index in [1.54, 1.807) is 10.9 Å². The van der Waals surface area contributed by atoms with E-state index in [1.165, 1.54) is 4.90 Å². The minimum atomic E-state index is -4.55. The Morgan fingerprint density at radius 3 is 2.43 bits per heavy atom. The lowest BCUT2D eigenvalue weighted by molar-refractivity contribution is -0.123. The molecule has 1 aromatic carbocycles. The zero-order valence-corrected chi connectivity index (χ0v) is 26.4. The first kappa shape index (κ1) is 34.3. The summed E-state index contributed by atoms with van der Waals surface area (Å²) in [7, 11) is -1.29. The molecule has 2 fully saturated rings. The van der Waals surface area contributed by atoms with Crippen LogP contribution in [0.1, 0.15) is 61.6 Å². The van der Waals surface area contributed by atoms with Gasteiger partial charge in [0.25, 0.3) is 0 Å². The Balaban J connectivity index is 1.45. The molecule has 1 aliphatic heterocycles. The number of rotatable bonds is 11. The summed E-state index contributed by atoms with van der Waals surface area (Å²) in [6, 6.07) is 3.12. The van der Waals surface area contributed by atoms with Crippen LogP contribution < -0.4 is 5.32 Å². The molecule has 2 aliphatic rings. The molecule has 2 aromatic rings. The molecule has 0 spiro atoms. The van der Waals surface area contributed by atoms with Gasteiger partial charge in [-0.25, -0.2) is 22.6 Å². The second-order valence-corrected chi connectivity index (χ2v) is 18.6. The molecule has 1 saturated carbocycles. The van der Waals surface area contributed by atoms with Crippen molar-refractivity contribution in [1.29, 1.82) is 0 Å². The highest BCUT2D eigenvalue weighted by Gasteiger charge is 2.39. The molecule has 0 radical (unpaired) electrons.